The first-order valence-corrected chi connectivity index (χ1v) is 9.03. The third-order valence-electron chi connectivity index (χ3n) is 4.80. The van der Waals surface area contributed by atoms with Crippen molar-refractivity contribution in [2.45, 2.75) is 25.4 Å². The number of hydrogen-bond donors (Lipinski definition) is 2. The molecule has 0 saturated heterocycles. The van der Waals surface area contributed by atoms with E-state index in [2.05, 4.69) is 33.6 Å². The number of nitrogens with zero attached hydrogens (tertiary/aromatic N) is 3. The number of hydrogen-bond acceptors (Lipinski definition) is 6. The lowest BCUT2D eigenvalue weighted by molar-refractivity contribution is 0.340. The summed E-state index contributed by atoms with van der Waals surface area (Å²) in [6.45, 7) is 2.63. The highest BCUT2D eigenvalue weighted by molar-refractivity contribution is 5.45. The molecule has 0 bridgehead atoms. The zero-order valence-corrected chi connectivity index (χ0v) is 15.4. The van der Waals surface area contributed by atoms with Crippen molar-refractivity contribution in [3.63, 3.8) is 0 Å². The summed E-state index contributed by atoms with van der Waals surface area (Å²) in [6.07, 6.45) is 0.796. The van der Waals surface area contributed by atoms with Crippen molar-refractivity contribution in [1.82, 2.24) is 14.8 Å². The Bertz CT molecular complexity index is 922. The average molecular weight is 365 g/mol. The van der Waals surface area contributed by atoms with E-state index in [-0.39, 0.29) is 18.0 Å². The fraction of sp³-hybridized carbons (Fsp3) is 0.300. The van der Waals surface area contributed by atoms with Gasteiger partial charge in [-0.2, -0.15) is 4.98 Å². The first-order valence-electron chi connectivity index (χ1n) is 9.03. The molecule has 0 radical (unpaired) electrons. The maximum absolute atomic E-state index is 5.88. The van der Waals surface area contributed by atoms with Crippen LogP contribution in [0.15, 0.2) is 48.5 Å². The molecule has 2 aromatic carbocycles. The van der Waals surface area contributed by atoms with Gasteiger partial charge in [0.05, 0.1) is 25.8 Å². The van der Waals surface area contributed by atoms with Gasteiger partial charge in [-0.1, -0.05) is 30.3 Å². The topological polar surface area (TPSA) is 87.2 Å². The molecule has 0 saturated carbocycles. The summed E-state index contributed by atoms with van der Waals surface area (Å²) in [5.74, 6) is 2.61. The molecule has 2 heterocycles. The minimum Gasteiger partial charge on any atom is -0.496 e. The second-order valence-corrected chi connectivity index (χ2v) is 6.43. The summed E-state index contributed by atoms with van der Waals surface area (Å²) in [5.41, 5.74) is 8.09. The number of aromatic nitrogens is 3. The Morgan fingerprint density at radius 3 is 2.70 bits per heavy atom. The minimum absolute atomic E-state index is 0.0289. The van der Waals surface area contributed by atoms with Crippen LogP contribution in [0.25, 0.3) is 0 Å². The van der Waals surface area contributed by atoms with Crippen LogP contribution in [0, 0.1) is 0 Å². The number of nitrogens with two attached hydrogens (primary N) is 1. The monoisotopic (exact) mass is 365 g/mol. The van der Waals surface area contributed by atoms with Gasteiger partial charge in [-0.3, -0.25) is 0 Å². The Balaban J connectivity index is 1.71. The number of rotatable bonds is 5. The smallest absolute Gasteiger partial charge is 0.241 e. The lowest BCUT2D eigenvalue weighted by atomic mass is 9.93. The van der Waals surface area contributed by atoms with Gasteiger partial charge in [0.2, 0.25) is 11.9 Å². The first kappa shape index (κ1) is 17.2. The Kier molecular flexibility index (Phi) is 4.58. The van der Waals surface area contributed by atoms with Crippen molar-refractivity contribution in [3.05, 3.63) is 59.7 Å². The molecule has 3 aromatic rings. The number of methoxy groups -OCH3 is 1. The van der Waals surface area contributed by atoms with Crippen LogP contribution in [0.4, 0.5) is 11.9 Å². The predicted octanol–water partition coefficient (Wildman–Crippen LogP) is 3.41. The second-order valence-electron chi connectivity index (χ2n) is 6.43. The number of nitrogen functional groups attached to an aromatic ring is 1. The van der Waals surface area contributed by atoms with Crippen LogP contribution < -0.4 is 20.5 Å². The highest BCUT2D eigenvalue weighted by Crippen LogP contribution is 2.41. The quantitative estimate of drug-likeness (QED) is 0.720. The molecule has 7 nitrogen and oxygen atoms in total. The molecular formula is C20H23N5O2. The van der Waals surface area contributed by atoms with E-state index in [1.165, 1.54) is 0 Å². The maximum atomic E-state index is 5.88. The van der Waals surface area contributed by atoms with Crippen LogP contribution >= 0.6 is 0 Å². The largest absolute Gasteiger partial charge is 0.496 e. The lowest BCUT2D eigenvalue weighted by Gasteiger charge is -2.32. The van der Waals surface area contributed by atoms with Crippen molar-refractivity contribution >= 4 is 11.9 Å². The summed E-state index contributed by atoms with van der Waals surface area (Å²) in [7, 11) is 1.68. The molecule has 1 aliphatic heterocycles. The van der Waals surface area contributed by atoms with Gasteiger partial charge in [-0.05, 0) is 37.1 Å². The molecule has 0 aliphatic carbocycles. The predicted molar refractivity (Wildman–Crippen MR) is 104 cm³/mol. The SMILES string of the molecule is CCOc1ccc([C@H]2C[C@@H](c3ccccc3OC)n3nc(N)nc3N2)cc1. The van der Waals surface area contributed by atoms with Gasteiger partial charge in [0.1, 0.15) is 11.5 Å². The van der Waals surface area contributed by atoms with Crippen LogP contribution in [-0.4, -0.2) is 28.5 Å². The van der Waals surface area contributed by atoms with E-state index in [0.29, 0.717) is 12.6 Å². The molecule has 0 amide bonds. The molecule has 0 fully saturated rings. The molecule has 140 valence electrons. The summed E-state index contributed by atoms with van der Waals surface area (Å²) in [6, 6.07) is 16.2. The maximum Gasteiger partial charge on any atom is 0.241 e. The fourth-order valence-electron chi connectivity index (χ4n) is 3.58. The molecule has 0 unspecified atom stereocenters. The van der Waals surface area contributed by atoms with Gasteiger partial charge in [-0.25, -0.2) is 4.68 Å². The van der Waals surface area contributed by atoms with Crippen molar-refractivity contribution in [2.75, 3.05) is 24.8 Å². The molecule has 0 spiro atoms. The van der Waals surface area contributed by atoms with E-state index in [0.717, 1.165) is 29.0 Å². The summed E-state index contributed by atoms with van der Waals surface area (Å²) >= 11 is 0. The molecule has 4 rings (SSSR count). The zero-order chi connectivity index (χ0) is 18.8. The van der Waals surface area contributed by atoms with E-state index in [1.807, 2.05) is 41.9 Å². The van der Waals surface area contributed by atoms with Gasteiger partial charge >= 0.3 is 0 Å². The van der Waals surface area contributed by atoms with Gasteiger partial charge in [0.25, 0.3) is 0 Å². The van der Waals surface area contributed by atoms with E-state index < -0.39 is 0 Å². The Morgan fingerprint density at radius 2 is 1.96 bits per heavy atom. The van der Waals surface area contributed by atoms with Gasteiger partial charge in [0, 0.05) is 5.56 Å². The Hall–Kier alpha value is -3.22. The Morgan fingerprint density at radius 1 is 1.19 bits per heavy atom. The number of para-hydroxylation sites is 1. The fourth-order valence-corrected chi connectivity index (χ4v) is 3.58. The highest BCUT2D eigenvalue weighted by atomic mass is 16.5. The molecular weight excluding hydrogens is 342 g/mol. The number of ether oxygens (including phenoxy) is 2. The molecule has 7 heteroatoms. The van der Waals surface area contributed by atoms with Crippen molar-refractivity contribution < 1.29 is 9.47 Å². The van der Waals surface area contributed by atoms with E-state index >= 15 is 0 Å². The minimum atomic E-state index is -0.0289. The number of anilines is 2. The van der Waals surface area contributed by atoms with Gasteiger partial charge in [-0.15, -0.1) is 5.10 Å². The van der Waals surface area contributed by atoms with E-state index in [1.54, 1.807) is 7.11 Å². The molecule has 1 aromatic heterocycles. The van der Waals surface area contributed by atoms with Crippen molar-refractivity contribution in [3.8, 4) is 11.5 Å². The number of benzene rings is 2. The summed E-state index contributed by atoms with van der Waals surface area (Å²) < 4.78 is 13.0. The van der Waals surface area contributed by atoms with Crippen molar-refractivity contribution in [2.24, 2.45) is 0 Å². The molecule has 1 aliphatic rings. The second kappa shape index (κ2) is 7.19. The standard InChI is InChI=1S/C20H23N5O2/c1-3-27-14-10-8-13(9-11-14)16-12-17(15-6-4-5-7-18(15)26-2)25-20(22-16)23-19(21)24-25/h4-11,16-17H,3,12H2,1-2H3,(H3,21,22,23,24)/t16-,17+/m1/s1. The summed E-state index contributed by atoms with van der Waals surface area (Å²) in [5, 5.41) is 7.85. The molecule has 27 heavy (non-hydrogen) atoms. The normalized spacial score (nSPS) is 18.4. The zero-order valence-electron chi connectivity index (χ0n) is 15.4. The lowest BCUT2D eigenvalue weighted by Crippen LogP contribution is -2.28. The third-order valence-corrected chi connectivity index (χ3v) is 4.80. The van der Waals surface area contributed by atoms with E-state index in [4.69, 9.17) is 15.2 Å². The van der Waals surface area contributed by atoms with Crippen LogP contribution in [0.2, 0.25) is 0 Å². The number of fused-ring (bicyclic) bond motifs is 1. The number of nitrogens with one attached hydrogen (secondary N) is 1. The van der Waals surface area contributed by atoms with Crippen LogP contribution in [0.5, 0.6) is 11.5 Å². The molecule has 2 atom stereocenters. The molecule has 3 N–H and O–H groups in total. The van der Waals surface area contributed by atoms with Gasteiger partial charge in [0.15, 0.2) is 0 Å². The van der Waals surface area contributed by atoms with Gasteiger partial charge < -0.3 is 20.5 Å². The third kappa shape index (κ3) is 3.28. The Labute approximate surface area is 158 Å². The first-order chi connectivity index (χ1) is 13.2. The summed E-state index contributed by atoms with van der Waals surface area (Å²) in [4.78, 5) is 4.36. The van der Waals surface area contributed by atoms with E-state index in [9.17, 15) is 0 Å². The van der Waals surface area contributed by atoms with Crippen LogP contribution in [0.3, 0.4) is 0 Å². The van der Waals surface area contributed by atoms with Crippen LogP contribution in [-0.2, 0) is 0 Å². The highest BCUT2D eigenvalue weighted by Gasteiger charge is 2.32. The van der Waals surface area contributed by atoms with Crippen molar-refractivity contribution in [1.29, 1.82) is 0 Å². The van der Waals surface area contributed by atoms with Crippen LogP contribution in [0.1, 0.15) is 36.6 Å². The average Bonchev–Trinajstić information content (AvgIpc) is 3.08.